The van der Waals surface area contributed by atoms with Crippen LogP contribution in [0.15, 0.2) is 12.7 Å². The molecule has 4 nitrogen and oxygen atoms in total. The Bertz CT molecular complexity index is 275. The van der Waals surface area contributed by atoms with E-state index in [1.165, 1.54) is 11.3 Å². The van der Waals surface area contributed by atoms with E-state index in [1.807, 2.05) is 13.1 Å². The Morgan fingerprint density at radius 2 is 2.43 bits per heavy atom. The van der Waals surface area contributed by atoms with Crippen molar-refractivity contribution in [3.8, 4) is 5.19 Å². The molecular weight excluding hydrogens is 198 g/mol. The van der Waals surface area contributed by atoms with Crippen molar-refractivity contribution in [3.63, 3.8) is 0 Å². The second kappa shape index (κ2) is 6.50. The topological polar surface area (TPSA) is 47.0 Å². The van der Waals surface area contributed by atoms with E-state index in [-0.39, 0.29) is 0 Å². The first-order chi connectivity index (χ1) is 6.86. The van der Waals surface area contributed by atoms with Gasteiger partial charge in [0.2, 0.25) is 0 Å². The van der Waals surface area contributed by atoms with Gasteiger partial charge >= 0.3 is 0 Å². The maximum absolute atomic E-state index is 5.40. The van der Waals surface area contributed by atoms with Crippen LogP contribution in [-0.2, 0) is 6.54 Å². The zero-order valence-corrected chi connectivity index (χ0v) is 9.14. The molecule has 0 saturated heterocycles. The van der Waals surface area contributed by atoms with E-state index >= 15 is 0 Å². The molecular formula is C9H15N3OS. The third-order valence-corrected chi connectivity index (χ3v) is 2.39. The summed E-state index contributed by atoms with van der Waals surface area (Å²) in [6.45, 7) is 5.07. The van der Waals surface area contributed by atoms with Crippen LogP contribution in [0.3, 0.4) is 0 Å². The standard InChI is InChI=1S/C9H15N3OS/c1-3-4-5-6-13-9-12-11-8(14-9)7-10-2/h3,10H,1,4-7H2,2H3. The van der Waals surface area contributed by atoms with E-state index in [2.05, 4.69) is 22.1 Å². The molecule has 1 rings (SSSR count). The number of hydrogen-bond donors (Lipinski definition) is 1. The van der Waals surface area contributed by atoms with Crippen molar-refractivity contribution >= 4 is 11.3 Å². The Labute approximate surface area is 88.0 Å². The summed E-state index contributed by atoms with van der Waals surface area (Å²) in [6.07, 6.45) is 3.84. The molecule has 0 aliphatic heterocycles. The Hall–Kier alpha value is -0.940. The third-order valence-electron chi connectivity index (χ3n) is 1.55. The van der Waals surface area contributed by atoms with Gasteiger partial charge in [-0.15, -0.1) is 16.8 Å². The van der Waals surface area contributed by atoms with Crippen LogP contribution in [0.5, 0.6) is 5.19 Å². The lowest BCUT2D eigenvalue weighted by molar-refractivity contribution is 0.308. The summed E-state index contributed by atoms with van der Waals surface area (Å²) in [7, 11) is 1.88. The highest BCUT2D eigenvalue weighted by atomic mass is 32.1. The molecule has 14 heavy (non-hydrogen) atoms. The maximum atomic E-state index is 5.40. The van der Waals surface area contributed by atoms with Crippen LogP contribution in [0.1, 0.15) is 17.8 Å². The van der Waals surface area contributed by atoms with Crippen LogP contribution < -0.4 is 10.1 Å². The van der Waals surface area contributed by atoms with Crippen molar-refractivity contribution < 1.29 is 4.74 Å². The van der Waals surface area contributed by atoms with Crippen molar-refractivity contribution in [2.45, 2.75) is 19.4 Å². The van der Waals surface area contributed by atoms with Crippen LogP contribution >= 0.6 is 11.3 Å². The van der Waals surface area contributed by atoms with Crippen LogP contribution in [-0.4, -0.2) is 23.9 Å². The number of nitrogens with one attached hydrogen (secondary N) is 1. The minimum absolute atomic E-state index is 0.652. The van der Waals surface area contributed by atoms with Gasteiger partial charge in [0.1, 0.15) is 5.01 Å². The molecule has 0 bridgehead atoms. The molecule has 0 atom stereocenters. The molecule has 1 aromatic heterocycles. The molecule has 0 saturated carbocycles. The molecule has 1 N–H and O–H groups in total. The van der Waals surface area contributed by atoms with E-state index in [9.17, 15) is 0 Å². The second-order valence-corrected chi connectivity index (χ2v) is 3.80. The van der Waals surface area contributed by atoms with Gasteiger partial charge in [-0.2, -0.15) is 0 Å². The van der Waals surface area contributed by atoms with Crippen LogP contribution in [0.4, 0.5) is 0 Å². The molecule has 0 aliphatic carbocycles. The molecule has 78 valence electrons. The largest absolute Gasteiger partial charge is 0.469 e. The van der Waals surface area contributed by atoms with E-state index in [4.69, 9.17) is 4.74 Å². The van der Waals surface area contributed by atoms with Crippen molar-refractivity contribution in [1.29, 1.82) is 0 Å². The van der Waals surface area contributed by atoms with Gasteiger partial charge < -0.3 is 10.1 Å². The first-order valence-electron chi connectivity index (χ1n) is 4.57. The number of nitrogens with zero attached hydrogens (tertiary/aromatic N) is 2. The van der Waals surface area contributed by atoms with Crippen molar-refractivity contribution in [3.05, 3.63) is 17.7 Å². The van der Waals surface area contributed by atoms with Gasteiger partial charge in [0.05, 0.1) is 6.61 Å². The monoisotopic (exact) mass is 213 g/mol. The van der Waals surface area contributed by atoms with E-state index in [1.54, 1.807) is 0 Å². The quantitative estimate of drug-likeness (QED) is 0.552. The molecule has 1 aromatic rings. The van der Waals surface area contributed by atoms with E-state index in [0.717, 1.165) is 24.4 Å². The van der Waals surface area contributed by atoms with Gasteiger partial charge in [0, 0.05) is 6.54 Å². The SMILES string of the molecule is C=CCCCOc1nnc(CNC)s1. The number of hydrogen-bond acceptors (Lipinski definition) is 5. The summed E-state index contributed by atoms with van der Waals surface area (Å²) in [5.41, 5.74) is 0. The van der Waals surface area contributed by atoms with Gasteiger partial charge in [-0.25, -0.2) is 0 Å². The van der Waals surface area contributed by atoms with Crippen LogP contribution in [0.2, 0.25) is 0 Å². The lowest BCUT2D eigenvalue weighted by atomic mass is 10.3. The first kappa shape index (κ1) is 11.1. The van der Waals surface area contributed by atoms with Gasteiger partial charge in [0.25, 0.3) is 5.19 Å². The fourth-order valence-electron chi connectivity index (χ4n) is 0.906. The zero-order chi connectivity index (χ0) is 10.2. The zero-order valence-electron chi connectivity index (χ0n) is 8.32. The summed E-state index contributed by atoms with van der Waals surface area (Å²) >= 11 is 1.48. The summed E-state index contributed by atoms with van der Waals surface area (Å²) in [4.78, 5) is 0. The minimum atomic E-state index is 0.652. The Morgan fingerprint density at radius 1 is 1.57 bits per heavy atom. The normalized spacial score (nSPS) is 10.1. The third kappa shape index (κ3) is 3.85. The average molecular weight is 213 g/mol. The predicted molar refractivity (Wildman–Crippen MR) is 57.6 cm³/mol. The summed E-state index contributed by atoms with van der Waals surface area (Å²) in [6, 6.07) is 0. The van der Waals surface area contributed by atoms with Crippen LogP contribution in [0, 0.1) is 0 Å². The Kier molecular flexibility index (Phi) is 5.17. The van der Waals surface area contributed by atoms with Crippen molar-refractivity contribution in [1.82, 2.24) is 15.5 Å². The van der Waals surface area contributed by atoms with Gasteiger partial charge in [0.15, 0.2) is 0 Å². The summed E-state index contributed by atoms with van der Waals surface area (Å²) < 4.78 is 5.40. The number of unbranched alkanes of at least 4 members (excludes halogenated alkanes) is 1. The fraction of sp³-hybridized carbons (Fsp3) is 0.556. The minimum Gasteiger partial charge on any atom is -0.469 e. The van der Waals surface area contributed by atoms with Gasteiger partial charge in [-0.05, 0) is 19.9 Å². The Morgan fingerprint density at radius 3 is 3.14 bits per heavy atom. The second-order valence-electron chi connectivity index (χ2n) is 2.77. The lowest BCUT2D eigenvalue weighted by Gasteiger charge is -1.97. The molecule has 0 aliphatic rings. The van der Waals surface area contributed by atoms with E-state index < -0.39 is 0 Å². The summed E-state index contributed by atoms with van der Waals surface area (Å²) in [5.74, 6) is 0. The van der Waals surface area contributed by atoms with Crippen molar-refractivity contribution in [2.24, 2.45) is 0 Å². The lowest BCUT2D eigenvalue weighted by Crippen LogP contribution is -2.04. The summed E-state index contributed by atoms with van der Waals surface area (Å²) in [5, 5.41) is 12.5. The fourth-order valence-corrected chi connectivity index (χ4v) is 1.63. The first-order valence-corrected chi connectivity index (χ1v) is 5.39. The highest BCUT2D eigenvalue weighted by Gasteiger charge is 2.02. The number of rotatable bonds is 7. The molecule has 5 heteroatoms. The number of allylic oxidation sites excluding steroid dienone is 1. The van der Waals surface area contributed by atoms with Crippen molar-refractivity contribution in [2.75, 3.05) is 13.7 Å². The number of ether oxygens (including phenoxy) is 1. The predicted octanol–water partition coefficient (Wildman–Crippen LogP) is 1.60. The van der Waals surface area contributed by atoms with Gasteiger partial charge in [-0.1, -0.05) is 17.4 Å². The molecule has 0 amide bonds. The molecule has 0 radical (unpaired) electrons. The average Bonchev–Trinajstić information content (AvgIpc) is 2.61. The molecule has 0 fully saturated rings. The van der Waals surface area contributed by atoms with E-state index in [0.29, 0.717) is 11.8 Å². The highest BCUT2D eigenvalue weighted by Crippen LogP contribution is 2.17. The smallest absolute Gasteiger partial charge is 0.294 e. The Balaban J connectivity index is 2.25. The van der Waals surface area contributed by atoms with Gasteiger partial charge in [-0.3, -0.25) is 0 Å². The highest BCUT2D eigenvalue weighted by molar-refractivity contribution is 7.13. The molecule has 1 heterocycles. The molecule has 0 spiro atoms. The number of aromatic nitrogens is 2. The maximum Gasteiger partial charge on any atom is 0.294 e. The molecule has 0 unspecified atom stereocenters. The van der Waals surface area contributed by atoms with Crippen LogP contribution in [0.25, 0.3) is 0 Å². The molecule has 0 aromatic carbocycles.